The molecule has 0 amide bonds. The molecule has 0 spiro atoms. The highest BCUT2D eigenvalue weighted by Gasteiger charge is 2.18. The largest absolute Gasteiger partial charge is 0.538 e. The first kappa shape index (κ1) is 16.0. The third-order valence-corrected chi connectivity index (χ3v) is 4.12. The van der Waals surface area contributed by atoms with Crippen LogP contribution in [0.3, 0.4) is 0 Å². The number of carboxylic acids is 1. The lowest BCUT2D eigenvalue weighted by Crippen LogP contribution is -2.45. The fourth-order valence-electron chi connectivity index (χ4n) is 2.85. The highest BCUT2D eigenvalue weighted by Crippen LogP contribution is 2.05. The number of aromatic nitrogens is 2. The number of hydrogen-bond acceptors (Lipinski definition) is 2. The summed E-state index contributed by atoms with van der Waals surface area (Å²) in [6.45, 7) is 1.23. The monoisotopic (exact) mass is 320 g/mol. The van der Waals surface area contributed by atoms with Crippen LogP contribution in [0.1, 0.15) is 21.7 Å². The number of carbonyl (C=O) groups is 1. The summed E-state index contributed by atoms with van der Waals surface area (Å²) < 4.78 is 3.51. The summed E-state index contributed by atoms with van der Waals surface area (Å²) in [6.07, 6.45) is 5.21. The van der Waals surface area contributed by atoms with E-state index in [9.17, 15) is 9.90 Å². The van der Waals surface area contributed by atoms with Gasteiger partial charge in [-0.1, -0.05) is 60.7 Å². The molecule has 1 aromatic heterocycles. The van der Waals surface area contributed by atoms with Crippen LogP contribution in [-0.2, 0) is 25.9 Å². The normalized spacial score (nSPS) is 10.7. The van der Waals surface area contributed by atoms with Gasteiger partial charge in [-0.25, -0.2) is 9.13 Å². The number of imidazole rings is 1. The highest BCUT2D eigenvalue weighted by molar-refractivity contribution is 5.79. The Morgan fingerprint density at radius 1 is 0.917 bits per heavy atom. The predicted molar refractivity (Wildman–Crippen MR) is 89.2 cm³/mol. The summed E-state index contributed by atoms with van der Waals surface area (Å²) in [5.74, 6) is -0.914. The lowest BCUT2D eigenvalue weighted by Gasteiger charge is -2.06. The SMILES string of the molecule is O=C([O-])c1n(CCc2ccccc2)cc[n+]1CCc1ccccc1. The van der Waals surface area contributed by atoms with Crippen molar-refractivity contribution in [3.63, 3.8) is 0 Å². The zero-order valence-corrected chi connectivity index (χ0v) is 13.5. The quantitative estimate of drug-likeness (QED) is 0.621. The van der Waals surface area contributed by atoms with E-state index in [0.717, 1.165) is 12.8 Å². The van der Waals surface area contributed by atoms with Crippen molar-refractivity contribution >= 4 is 5.97 Å². The molecule has 4 nitrogen and oxygen atoms in total. The molecule has 0 N–H and O–H groups in total. The average molecular weight is 320 g/mol. The van der Waals surface area contributed by atoms with Crippen LogP contribution in [0.25, 0.3) is 0 Å². The van der Waals surface area contributed by atoms with Crippen LogP contribution in [0.15, 0.2) is 73.1 Å². The molecule has 0 saturated heterocycles. The molecule has 1 heterocycles. The van der Waals surface area contributed by atoms with Crippen LogP contribution in [0, 0.1) is 0 Å². The number of benzene rings is 2. The maximum Gasteiger partial charge on any atom is 0.304 e. The number of aryl methyl sites for hydroxylation is 4. The molecule has 0 saturated carbocycles. The molecular weight excluding hydrogens is 300 g/mol. The summed E-state index contributed by atoms with van der Waals surface area (Å²) in [7, 11) is 0. The Morgan fingerprint density at radius 2 is 1.50 bits per heavy atom. The Bertz CT molecular complexity index is 734. The molecule has 0 aliphatic carbocycles. The third kappa shape index (κ3) is 3.90. The van der Waals surface area contributed by atoms with Gasteiger partial charge < -0.3 is 9.90 Å². The minimum atomic E-state index is -1.14. The third-order valence-electron chi connectivity index (χ3n) is 4.12. The van der Waals surface area contributed by atoms with Crippen molar-refractivity contribution < 1.29 is 14.5 Å². The summed E-state index contributed by atoms with van der Waals surface area (Å²) in [5.41, 5.74) is 2.37. The van der Waals surface area contributed by atoms with Crippen molar-refractivity contribution in [2.24, 2.45) is 0 Å². The van der Waals surface area contributed by atoms with E-state index in [1.165, 1.54) is 11.1 Å². The Labute approximate surface area is 141 Å². The lowest BCUT2D eigenvalue weighted by atomic mass is 10.1. The van der Waals surface area contributed by atoms with Gasteiger partial charge in [0.2, 0.25) is 0 Å². The number of carbonyl (C=O) groups excluding carboxylic acids is 1. The maximum atomic E-state index is 11.6. The first-order valence-corrected chi connectivity index (χ1v) is 8.12. The van der Waals surface area contributed by atoms with E-state index in [1.54, 1.807) is 9.13 Å². The molecule has 0 unspecified atom stereocenters. The second kappa shape index (κ2) is 7.59. The van der Waals surface area contributed by atoms with Gasteiger partial charge in [-0.2, -0.15) is 0 Å². The van der Waals surface area contributed by atoms with Gasteiger partial charge in [-0.05, 0) is 11.1 Å². The zero-order valence-electron chi connectivity index (χ0n) is 13.5. The van der Waals surface area contributed by atoms with Crippen molar-refractivity contribution in [3.8, 4) is 0 Å². The second-order valence-electron chi connectivity index (χ2n) is 5.77. The summed E-state index contributed by atoms with van der Waals surface area (Å²) in [5, 5.41) is 11.6. The Kier molecular flexibility index (Phi) is 5.06. The van der Waals surface area contributed by atoms with Crippen LogP contribution >= 0.6 is 0 Å². The zero-order chi connectivity index (χ0) is 16.8. The number of rotatable bonds is 7. The summed E-state index contributed by atoms with van der Waals surface area (Å²) >= 11 is 0. The van der Waals surface area contributed by atoms with Gasteiger partial charge in [0.1, 0.15) is 12.4 Å². The lowest BCUT2D eigenvalue weighted by molar-refractivity contribution is -0.700. The molecule has 4 heteroatoms. The van der Waals surface area contributed by atoms with Gasteiger partial charge in [-0.15, -0.1) is 0 Å². The first-order valence-electron chi connectivity index (χ1n) is 8.12. The average Bonchev–Trinajstić information content (AvgIpc) is 3.03. The summed E-state index contributed by atoms with van der Waals surface area (Å²) in [4.78, 5) is 11.6. The predicted octanol–water partition coefficient (Wildman–Crippen LogP) is 1.62. The molecule has 3 rings (SSSR count). The first-order chi connectivity index (χ1) is 11.7. The molecule has 0 radical (unpaired) electrons. The maximum absolute atomic E-state index is 11.6. The molecule has 0 aliphatic rings. The minimum Gasteiger partial charge on any atom is -0.538 e. The van der Waals surface area contributed by atoms with Crippen molar-refractivity contribution in [2.45, 2.75) is 25.9 Å². The fraction of sp³-hybridized carbons (Fsp3) is 0.200. The van der Waals surface area contributed by atoms with Gasteiger partial charge >= 0.3 is 5.82 Å². The van der Waals surface area contributed by atoms with Gasteiger partial charge in [0, 0.05) is 12.8 Å². The number of nitrogens with zero attached hydrogens (tertiary/aromatic N) is 2. The second-order valence-corrected chi connectivity index (χ2v) is 5.77. The molecule has 0 aliphatic heterocycles. The van der Waals surface area contributed by atoms with Crippen molar-refractivity contribution in [2.75, 3.05) is 0 Å². The van der Waals surface area contributed by atoms with Crippen LogP contribution in [0.5, 0.6) is 0 Å². The minimum absolute atomic E-state index is 0.224. The molecule has 3 aromatic rings. The molecule has 0 bridgehead atoms. The van der Waals surface area contributed by atoms with Crippen LogP contribution < -0.4 is 9.67 Å². The Balaban J connectivity index is 1.71. The van der Waals surface area contributed by atoms with Crippen molar-refractivity contribution in [1.82, 2.24) is 4.57 Å². The molecule has 0 atom stereocenters. The van der Waals surface area contributed by atoms with Crippen LogP contribution in [0.2, 0.25) is 0 Å². The topological polar surface area (TPSA) is 48.9 Å². The molecule has 0 fully saturated rings. The van der Waals surface area contributed by atoms with E-state index >= 15 is 0 Å². The number of aromatic carboxylic acids is 1. The molecule has 122 valence electrons. The van der Waals surface area contributed by atoms with Crippen LogP contribution in [0.4, 0.5) is 0 Å². The Morgan fingerprint density at radius 3 is 2.08 bits per heavy atom. The van der Waals surface area contributed by atoms with E-state index in [2.05, 4.69) is 0 Å². The van der Waals surface area contributed by atoms with Gasteiger partial charge in [-0.3, -0.25) is 0 Å². The van der Waals surface area contributed by atoms with Gasteiger partial charge in [0.15, 0.2) is 5.97 Å². The van der Waals surface area contributed by atoms with Crippen LogP contribution in [-0.4, -0.2) is 10.5 Å². The standard InChI is InChI=1S/C20H20N2O2/c23-20(24)19-21(13-11-17-7-3-1-4-8-17)15-16-22(19)14-12-18-9-5-2-6-10-18/h1-10,15-16H,11-14H2. The van der Waals surface area contributed by atoms with E-state index < -0.39 is 5.97 Å². The Hall–Kier alpha value is -2.88. The van der Waals surface area contributed by atoms with E-state index in [0.29, 0.717) is 13.1 Å². The smallest absolute Gasteiger partial charge is 0.304 e. The van der Waals surface area contributed by atoms with Crippen molar-refractivity contribution in [3.05, 3.63) is 90.0 Å². The van der Waals surface area contributed by atoms with E-state index in [1.807, 2.05) is 73.1 Å². The number of carboxylic acid groups (broad SMARTS) is 1. The molecule has 24 heavy (non-hydrogen) atoms. The van der Waals surface area contributed by atoms with Gasteiger partial charge in [0.05, 0.1) is 13.1 Å². The van der Waals surface area contributed by atoms with Crippen molar-refractivity contribution in [1.29, 1.82) is 0 Å². The molecular formula is C20H20N2O2. The van der Waals surface area contributed by atoms with E-state index in [-0.39, 0.29) is 5.82 Å². The summed E-state index contributed by atoms with van der Waals surface area (Å²) in [6, 6.07) is 20.1. The molecule has 2 aromatic carbocycles. The van der Waals surface area contributed by atoms with E-state index in [4.69, 9.17) is 0 Å². The fourth-order valence-corrected chi connectivity index (χ4v) is 2.85. The number of hydrogen-bond donors (Lipinski definition) is 0. The van der Waals surface area contributed by atoms with Gasteiger partial charge in [0.25, 0.3) is 0 Å². The highest BCUT2D eigenvalue weighted by atomic mass is 16.4.